The predicted octanol–water partition coefficient (Wildman–Crippen LogP) is 0.654. The normalized spacial score (nSPS) is 21.2. The van der Waals surface area contributed by atoms with E-state index in [4.69, 9.17) is 30.0 Å². The van der Waals surface area contributed by atoms with E-state index < -0.39 is 43.3 Å². The second-order valence-corrected chi connectivity index (χ2v) is 10.8. The molecule has 1 fully saturated rings. The fourth-order valence-corrected chi connectivity index (χ4v) is 4.84. The van der Waals surface area contributed by atoms with Crippen molar-refractivity contribution in [2.24, 2.45) is 11.7 Å². The molecule has 1 unspecified atom stereocenters. The van der Waals surface area contributed by atoms with Crippen LogP contribution in [0.2, 0.25) is 0 Å². The highest BCUT2D eigenvalue weighted by Crippen LogP contribution is 2.50. The van der Waals surface area contributed by atoms with Crippen LogP contribution in [0.3, 0.4) is 0 Å². The SMILES string of the molecule is COC(=O)[C@H](Cc1ccc(OP2(=O)CO[C@@H](Cn3ccc(N)nc3=O)CO2)cc1)NC(=O)[C@@H](N)C(C)C. The summed E-state index contributed by atoms with van der Waals surface area (Å²) in [7, 11) is -2.35. The standard InChI is InChI=1S/C23H32N5O8P/c1-14(2)20(25)21(29)26-18(22(30)33-3)10-15-4-6-16(7-5-15)36-37(32)13-34-17(12-35-37)11-28-9-8-19(24)27-23(28)31/h4-9,14,17-18,20H,10-13,25H2,1-3H3,(H,26,29)(H2,24,27,31)/t17-,18-,20-,37?/m0/s1. The number of carbonyl (C=O) groups excluding carboxylic acids is 2. The van der Waals surface area contributed by atoms with E-state index in [-0.39, 0.29) is 43.4 Å². The number of benzene rings is 1. The number of hydrogen-bond donors (Lipinski definition) is 3. The van der Waals surface area contributed by atoms with Crippen LogP contribution in [-0.2, 0) is 41.1 Å². The molecule has 14 heteroatoms. The zero-order valence-corrected chi connectivity index (χ0v) is 21.8. The number of ether oxygens (including phenoxy) is 2. The van der Waals surface area contributed by atoms with Crippen LogP contribution in [0.15, 0.2) is 41.3 Å². The minimum atomic E-state index is -3.59. The van der Waals surface area contributed by atoms with Gasteiger partial charge in [-0.05, 0) is 29.7 Å². The van der Waals surface area contributed by atoms with E-state index in [2.05, 4.69) is 10.3 Å². The van der Waals surface area contributed by atoms with Crippen molar-refractivity contribution in [2.45, 2.75) is 45.0 Å². The van der Waals surface area contributed by atoms with E-state index in [1.807, 2.05) is 0 Å². The molecule has 1 saturated heterocycles. The number of methoxy groups -OCH3 is 1. The molecule has 2 heterocycles. The van der Waals surface area contributed by atoms with E-state index >= 15 is 0 Å². The third kappa shape index (κ3) is 7.86. The van der Waals surface area contributed by atoms with Crippen molar-refractivity contribution in [2.75, 3.05) is 25.8 Å². The molecule has 1 aromatic carbocycles. The maximum absolute atomic E-state index is 13.0. The van der Waals surface area contributed by atoms with Gasteiger partial charge < -0.3 is 30.8 Å². The third-order valence-corrected chi connectivity index (χ3v) is 7.15. The van der Waals surface area contributed by atoms with Crippen LogP contribution >= 0.6 is 7.60 Å². The van der Waals surface area contributed by atoms with Crippen LogP contribution in [0, 0.1) is 5.92 Å². The van der Waals surface area contributed by atoms with Crippen LogP contribution < -0.4 is 27.0 Å². The van der Waals surface area contributed by atoms with Crippen LogP contribution in [0.1, 0.15) is 19.4 Å². The number of carbonyl (C=O) groups is 2. The number of nitrogens with one attached hydrogen (secondary N) is 1. The first-order valence-electron chi connectivity index (χ1n) is 11.6. The van der Waals surface area contributed by atoms with Crippen molar-refractivity contribution in [3.8, 4) is 5.75 Å². The quantitative estimate of drug-likeness (QED) is 0.285. The van der Waals surface area contributed by atoms with Crippen molar-refractivity contribution in [1.82, 2.24) is 14.9 Å². The Kier molecular flexibility index (Phi) is 9.44. The summed E-state index contributed by atoms with van der Waals surface area (Å²) in [6.45, 7) is 3.72. The van der Waals surface area contributed by atoms with Crippen LogP contribution in [0.5, 0.6) is 5.75 Å². The molecule has 5 N–H and O–H groups in total. The molecule has 4 atom stereocenters. The summed E-state index contributed by atoms with van der Waals surface area (Å²) in [6, 6.07) is 6.27. The Morgan fingerprint density at radius 2 is 1.97 bits per heavy atom. The van der Waals surface area contributed by atoms with Gasteiger partial charge in [0.2, 0.25) is 5.91 Å². The maximum atomic E-state index is 13.0. The topological polar surface area (TPSA) is 187 Å². The maximum Gasteiger partial charge on any atom is 0.404 e. The Morgan fingerprint density at radius 3 is 2.54 bits per heavy atom. The molecule has 0 saturated carbocycles. The molecular formula is C23H32N5O8P. The second kappa shape index (κ2) is 12.3. The number of aromatic nitrogens is 2. The summed E-state index contributed by atoms with van der Waals surface area (Å²) in [5.41, 5.74) is 11.5. The van der Waals surface area contributed by atoms with Gasteiger partial charge in [-0.1, -0.05) is 26.0 Å². The Bertz CT molecular complexity index is 1190. The van der Waals surface area contributed by atoms with Gasteiger partial charge in [0, 0.05) is 12.6 Å². The Balaban J connectivity index is 1.56. The van der Waals surface area contributed by atoms with Crippen LogP contribution in [0.25, 0.3) is 0 Å². The largest absolute Gasteiger partial charge is 0.467 e. The molecule has 37 heavy (non-hydrogen) atoms. The van der Waals surface area contributed by atoms with Crippen LogP contribution in [-0.4, -0.2) is 59.7 Å². The van der Waals surface area contributed by atoms with Gasteiger partial charge in [-0.15, -0.1) is 0 Å². The number of amides is 1. The molecule has 3 rings (SSSR count). The summed E-state index contributed by atoms with van der Waals surface area (Å²) in [5.74, 6) is -0.765. The smallest absolute Gasteiger partial charge is 0.404 e. The zero-order chi connectivity index (χ0) is 27.2. The van der Waals surface area contributed by atoms with Crippen molar-refractivity contribution >= 4 is 25.3 Å². The van der Waals surface area contributed by atoms with Crippen molar-refractivity contribution in [3.63, 3.8) is 0 Å². The fourth-order valence-electron chi connectivity index (χ4n) is 3.43. The molecule has 1 amide bonds. The van der Waals surface area contributed by atoms with E-state index in [9.17, 15) is 18.9 Å². The lowest BCUT2D eigenvalue weighted by Gasteiger charge is -2.29. The minimum absolute atomic E-state index is 0.0504. The highest BCUT2D eigenvalue weighted by Gasteiger charge is 2.35. The molecule has 0 aliphatic carbocycles. The average Bonchev–Trinajstić information content (AvgIpc) is 2.86. The Hall–Kier alpha value is -3.25. The highest BCUT2D eigenvalue weighted by molar-refractivity contribution is 7.54. The number of anilines is 1. The Morgan fingerprint density at radius 1 is 1.27 bits per heavy atom. The monoisotopic (exact) mass is 537 g/mol. The summed E-state index contributed by atoms with van der Waals surface area (Å²) in [6.07, 6.45) is 0.825. The van der Waals surface area contributed by atoms with E-state index in [0.717, 1.165) is 0 Å². The van der Waals surface area contributed by atoms with E-state index in [1.165, 1.54) is 23.9 Å². The molecule has 2 aromatic rings. The molecule has 202 valence electrons. The average molecular weight is 538 g/mol. The van der Waals surface area contributed by atoms with Gasteiger partial charge in [0.15, 0.2) is 6.35 Å². The van der Waals surface area contributed by atoms with Crippen LogP contribution in [0.4, 0.5) is 5.82 Å². The predicted molar refractivity (Wildman–Crippen MR) is 134 cm³/mol. The fraction of sp³-hybridized carbons (Fsp3) is 0.478. The van der Waals surface area contributed by atoms with Crippen molar-refractivity contribution in [3.05, 3.63) is 52.6 Å². The molecule has 0 radical (unpaired) electrons. The third-order valence-electron chi connectivity index (χ3n) is 5.65. The number of nitrogen functional groups attached to an aromatic ring is 1. The molecule has 0 spiro atoms. The number of rotatable bonds is 10. The lowest BCUT2D eigenvalue weighted by Crippen LogP contribution is -2.51. The molecule has 1 aliphatic heterocycles. The summed E-state index contributed by atoms with van der Waals surface area (Å²) in [4.78, 5) is 40.1. The first-order valence-corrected chi connectivity index (χ1v) is 13.3. The zero-order valence-electron chi connectivity index (χ0n) is 20.9. The van der Waals surface area contributed by atoms with Gasteiger partial charge in [-0.25, -0.2) is 14.2 Å². The van der Waals surface area contributed by atoms with Gasteiger partial charge in [-0.2, -0.15) is 4.98 Å². The summed E-state index contributed by atoms with van der Waals surface area (Å²) in [5, 5.41) is 2.63. The van der Waals surface area contributed by atoms with Gasteiger partial charge in [0.1, 0.15) is 23.7 Å². The van der Waals surface area contributed by atoms with E-state index in [1.54, 1.807) is 38.1 Å². The first kappa shape index (κ1) is 28.3. The van der Waals surface area contributed by atoms with Gasteiger partial charge in [0.25, 0.3) is 0 Å². The van der Waals surface area contributed by atoms with E-state index in [0.29, 0.717) is 5.56 Å². The highest BCUT2D eigenvalue weighted by atomic mass is 31.2. The number of esters is 1. The lowest BCUT2D eigenvalue weighted by molar-refractivity contribution is -0.145. The number of nitrogens with two attached hydrogens (primary N) is 2. The van der Waals surface area contributed by atoms with Crippen molar-refractivity contribution < 1.29 is 32.7 Å². The molecule has 0 bridgehead atoms. The molecule has 1 aliphatic rings. The van der Waals surface area contributed by atoms with Gasteiger partial charge in [-0.3, -0.25) is 13.9 Å². The van der Waals surface area contributed by atoms with Gasteiger partial charge >= 0.3 is 19.3 Å². The molecule has 13 nitrogen and oxygen atoms in total. The summed E-state index contributed by atoms with van der Waals surface area (Å²) >= 11 is 0. The van der Waals surface area contributed by atoms with Gasteiger partial charge in [0.05, 0.1) is 26.3 Å². The number of nitrogens with zero attached hydrogens (tertiary/aromatic N) is 2. The number of hydrogen-bond acceptors (Lipinski definition) is 11. The van der Waals surface area contributed by atoms with Crippen molar-refractivity contribution in [1.29, 1.82) is 0 Å². The molecular weight excluding hydrogens is 505 g/mol. The lowest BCUT2D eigenvalue weighted by atomic mass is 10.0. The summed E-state index contributed by atoms with van der Waals surface area (Å²) < 4.78 is 35.7. The second-order valence-electron chi connectivity index (χ2n) is 8.91. The minimum Gasteiger partial charge on any atom is -0.467 e. The first-order chi connectivity index (χ1) is 17.5. The Labute approximate surface area is 214 Å². The molecule has 1 aromatic heterocycles.